The van der Waals surface area contributed by atoms with Crippen LogP contribution in [0, 0.1) is 0 Å². The van der Waals surface area contributed by atoms with Crippen LogP contribution in [0.4, 0.5) is 0 Å². The molecule has 0 saturated carbocycles. The first-order chi connectivity index (χ1) is 6.29. The van der Waals surface area contributed by atoms with E-state index in [0.29, 0.717) is 0 Å². The first-order valence-corrected chi connectivity index (χ1v) is 4.29. The van der Waals surface area contributed by atoms with Crippen molar-refractivity contribution < 1.29 is 4.74 Å². The van der Waals surface area contributed by atoms with Gasteiger partial charge in [0.15, 0.2) is 0 Å². The molecule has 0 aliphatic carbocycles. The van der Waals surface area contributed by atoms with Crippen LogP contribution in [0.15, 0.2) is 36.9 Å². The second kappa shape index (κ2) is 6.46. The highest BCUT2D eigenvalue weighted by Gasteiger charge is 2.08. The van der Waals surface area contributed by atoms with Crippen LogP contribution in [0.5, 0.6) is 5.75 Å². The van der Waals surface area contributed by atoms with E-state index >= 15 is 0 Å². The van der Waals surface area contributed by atoms with Gasteiger partial charge in [-0.3, -0.25) is 0 Å². The average molecular weight is 214 g/mol. The maximum absolute atomic E-state index is 5.93. The third-order valence-electron chi connectivity index (χ3n) is 1.96. The molecular formula is C11H16ClNO. The number of ether oxygens (including phenoxy) is 1. The summed E-state index contributed by atoms with van der Waals surface area (Å²) in [6, 6.07) is 7.77. The monoisotopic (exact) mass is 213 g/mol. The highest BCUT2D eigenvalue weighted by Crippen LogP contribution is 2.24. The summed E-state index contributed by atoms with van der Waals surface area (Å²) in [6.45, 7) is 3.66. The van der Waals surface area contributed by atoms with E-state index in [1.165, 1.54) is 0 Å². The quantitative estimate of drug-likeness (QED) is 0.781. The van der Waals surface area contributed by atoms with Crippen molar-refractivity contribution in [1.29, 1.82) is 0 Å². The Morgan fingerprint density at radius 1 is 1.50 bits per heavy atom. The SMILES string of the molecule is C=CCC(N)c1ccccc1OC.Cl. The summed E-state index contributed by atoms with van der Waals surface area (Å²) < 4.78 is 5.20. The predicted molar refractivity (Wildman–Crippen MR) is 62.0 cm³/mol. The lowest BCUT2D eigenvalue weighted by Gasteiger charge is -2.13. The summed E-state index contributed by atoms with van der Waals surface area (Å²) in [7, 11) is 1.65. The van der Waals surface area contributed by atoms with Gasteiger partial charge in [-0.2, -0.15) is 0 Å². The lowest BCUT2D eigenvalue weighted by Crippen LogP contribution is -2.10. The number of benzene rings is 1. The van der Waals surface area contributed by atoms with E-state index in [1.807, 2.05) is 30.3 Å². The van der Waals surface area contributed by atoms with Gasteiger partial charge in [-0.15, -0.1) is 19.0 Å². The van der Waals surface area contributed by atoms with Crippen molar-refractivity contribution in [3.8, 4) is 5.75 Å². The Labute approximate surface area is 91.2 Å². The lowest BCUT2D eigenvalue weighted by atomic mass is 10.0. The molecule has 1 rings (SSSR count). The molecule has 2 N–H and O–H groups in total. The number of halogens is 1. The van der Waals surface area contributed by atoms with E-state index in [4.69, 9.17) is 10.5 Å². The number of hydrogen-bond donors (Lipinski definition) is 1. The molecule has 0 spiro atoms. The highest BCUT2D eigenvalue weighted by atomic mass is 35.5. The minimum atomic E-state index is -0.0198. The van der Waals surface area contributed by atoms with Gasteiger partial charge in [0.1, 0.15) is 5.75 Å². The minimum Gasteiger partial charge on any atom is -0.496 e. The van der Waals surface area contributed by atoms with Gasteiger partial charge >= 0.3 is 0 Å². The molecule has 1 aromatic rings. The number of para-hydroxylation sites is 1. The van der Waals surface area contributed by atoms with Gasteiger partial charge in [0, 0.05) is 11.6 Å². The molecule has 0 heterocycles. The molecular weight excluding hydrogens is 198 g/mol. The van der Waals surface area contributed by atoms with Crippen LogP contribution in [0.1, 0.15) is 18.0 Å². The van der Waals surface area contributed by atoms with Gasteiger partial charge in [-0.05, 0) is 12.5 Å². The molecule has 1 atom stereocenters. The zero-order valence-corrected chi connectivity index (χ0v) is 9.09. The van der Waals surface area contributed by atoms with Crippen LogP contribution in [0.3, 0.4) is 0 Å². The fraction of sp³-hybridized carbons (Fsp3) is 0.273. The van der Waals surface area contributed by atoms with Gasteiger partial charge in [0.25, 0.3) is 0 Å². The Bertz CT molecular complexity index is 288. The molecule has 0 bridgehead atoms. The highest BCUT2D eigenvalue weighted by molar-refractivity contribution is 5.85. The Morgan fingerprint density at radius 3 is 2.71 bits per heavy atom. The van der Waals surface area contributed by atoms with E-state index in [-0.39, 0.29) is 18.4 Å². The summed E-state index contributed by atoms with van der Waals surface area (Å²) in [5, 5.41) is 0. The molecule has 0 saturated heterocycles. The van der Waals surface area contributed by atoms with Gasteiger partial charge < -0.3 is 10.5 Å². The molecule has 2 nitrogen and oxygen atoms in total. The van der Waals surface area contributed by atoms with Crippen LogP contribution in [-0.2, 0) is 0 Å². The molecule has 0 aliphatic heterocycles. The van der Waals surface area contributed by atoms with E-state index < -0.39 is 0 Å². The minimum absolute atomic E-state index is 0. The molecule has 1 aromatic carbocycles. The van der Waals surface area contributed by atoms with Crippen LogP contribution >= 0.6 is 12.4 Å². The van der Waals surface area contributed by atoms with E-state index in [0.717, 1.165) is 17.7 Å². The second-order valence-electron chi connectivity index (χ2n) is 2.87. The van der Waals surface area contributed by atoms with Crippen molar-refractivity contribution in [1.82, 2.24) is 0 Å². The normalized spacial score (nSPS) is 11.3. The van der Waals surface area contributed by atoms with E-state index in [9.17, 15) is 0 Å². The maximum atomic E-state index is 5.93. The number of hydrogen-bond acceptors (Lipinski definition) is 2. The van der Waals surface area contributed by atoms with Crippen LogP contribution in [0.2, 0.25) is 0 Å². The summed E-state index contributed by atoms with van der Waals surface area (Å²) in [5.41, 5.74) is 6.96. The van der Waals surface area contributed by atoms with Gasteiger partial charge in [-0.1, -0.05) is 24.3 Å². The Morgan fingerprint density at radius 2 is 2.14 bits per heavy atom. The molecule has 0 amide bonds. The van der Waals surface area contributed by atoms with Gasteiger partial charge in [-0.25, -0.2) is 0 Å². The van der Waals surface area contributed by atoms with Crippen molar-refractivity contribution in [2.75, 3.05) is 7.11 Å². The summed E-state index contributed by atoms with van der Waals surface area (Å²) in [4.78, 5) is 0. The standard InChI is InChI=1S/C11H15NO.ClH/c1-3-6-10(12)9-7-4-5-8-11(9)13-2;/h3-5,7-8,10H,1,6,12H2,2H3;1H. The van der Waals surface area contributed by atoms with E-state index in [2.05, 4.69) is 6.58 Å². The first-order valence-electron chi connectivity index (χ1n) is 4.29. The molecule has 0 aromatic heterocycles. The summed E-state index contributed by atoms with van der Waals surface area (Å²) in [5.74, 6) is 0.844. The molecule has 0 aliphatic rings. The van der Waals surface area contributed by atoms with Crippen LogP contribution in [-0.4, -0.2) is 7.11 Å². The number of methoxy groups -OCH3 is 1. The average Bonchev–Trinajstić information content (AvgIpc) is 2.18. The number of rotatable bonds is 4. The molecule has 14 heavy (non-hydrogen) atoms. The third-order valence-corrected chi connectivity index (χ3v) is 1.96. The predicted octanol–water partition coefficient (Wildman–Crippen LogP) is 2.69. The first kappa shape index (κ1) is 13.0. The van der Waals surface area contributed by atoms with E-state index in [1.54, 1.807) is 7.11 Å². The topological polar surface area (TPSA) is 35.2 Å². The molecule has 0 fully saturated rings. The molecule has 1 unspecified atom stereocenters. The fourth-order valence-electron chi connectivity index (χ4n) is 1.28. The third kappa shape index (κ3) is 3.05. The van der Waals surface area contributed by atoms with Crippen molar-refractivity contribution >= 4 is 12.4 Å². The van der Waals surface area contributed by atoms with Gasteiger partial charge in [0.05, 0.1) is 7.11 Å². The zero-order valence-electron chi connectivity index (χ0n) is 8.27. The van der Waals surface area contributed by atoms with Crippen molar-refractivity contribution in [2.45, 2.75) is 12.5 Å². The van der Waals surface area contributed by atoms with Crippen molar-refractivity contribution in [3.63, 3.8) is 0 Å². The lowest BCUT2D eigenvalue weighted by molar-refractivity contribution is 0.406. The fourth-order valence-corrected chi connectivity index (χ4v) is 1.28. The largest absolute Gasteiger partial charge is 0.496 e. The number of nitrogens with two attached hydrogens (primary N) is 1. The second-order valence-corrected chi connectivity index (χ2v) is 2.87. The van der Waals surface area contributed by atoms with Crippen molar-refractivity contribution in [3.05, 3.63) is 42.5 Å². The summed E-state index contributed by atoms with van der Waals surface area (Å²) in [6.07, 6.45) is 2.58. The smallest absolute Gasteiger partial charge is 0.123 e. The van der Waals surface area contributed by atoms with Gasteiger partial charge in [0.2, 0.25) is 0 Å². The van der Waals surface area contributed by atoms with Crippen LogP contribution in [0.25, 0.3) is 0 Å². The zero-order chi connectivity index (χ0) is 9.68. The van der Waals surface area contributed by atoms with Crippen molar-refractivity contribution in [2.24, 2.45) is 5.73 Å². The maximum Gasteiger partial charge on any atom is 0.123 e. The Kier molecular flexibility index (Phi) is 6.00. The Hall–Kier alpha value is -0.990. The molecule has 3 heteroatoms. The molecule has 0 radical (unpaired) electrons. The molecule has 78 valence electrons. The summed E-state index contributed by atoms with van der Waals surface area (Å²) >= 11 is 0. The Balaban J connectivity index is 0.00000169. The van der Waals surface area contributed by atoms with Crippen LogP contribution < -0.4 is 10.5 Å².